The Hall–Kier alpha value is -7.03. The van der Waals surface area contributed by atoms with Gasteiger partial charge in [0.15, 0.2) is 0 Å². The van der Waals surface area contributed by atoms with Crippen LogP contribution in [0.3, 0.4) is 0 Å². The normalized spacial score (nSPS) is 11.7. The van der Waals surface area contributed by atoms with E-state index in [0.717, 1.165) is 72.9 Å². The summed E-state index contributed by atoms with van der Waals surface area (Å²) in [4.78, 5) is 5.44. The van der Waals surface area contributed by atoms with Crippen LogP contribution in [0.15, 0.2) is 223 Å². The van der Waals surface area contributed by atoms with Crippen LogP contribution in [0.1, 0.15) is 13.8 Å². The smallest absolute Gasteiger partial charge is 0.0789 e. The second-order valence-corrected chi connectivity index (χ2v) is 13.8. The van der Waals surface area contributed by atoms with E-state index in [1.807, 2.05) is 0 Å². The van der Waals surface area contributed by atoms with Crippen LogP contribution in [0.4, 0.5) is 11.4 Å². The minimum Gasteiger partial charge on any atom is -0.358 e. The molecule has 0 atom stereocenters. The minimum atomic E-state index is 0.898. The lowest BCUT2D eigenvalue weighted by molar-refractivity contribution is 1.37. The van der Waals surface area contributed by atoms with Crippen LogP contribution in [0, 0.1) is 0 Å². The first-order valence-electron chi connectivity index (χ1n) is 18.8. The maximum absolute atomic E-state index is 5.44. The summed E-state index contributed by atoms with van der Waals surface area (Å²) in [6, 6.07) is 72.9. The topological polar surface area (TPSA) is 24.4 Å². The number of allylic oxidation sites excluding steroid dienone is 2. The zero-order valence-electron chi connectivity index (χ0n) is 31.2. The third-order valence-electron chi connectivity index (χ3n) is 9.84. The van der Waals surface area contributed by atoms with Gasteiger partial charge in [0.05, 0.1) is 11.4 Å². The quantitative estimate of drug-likeness (QED) is 0.141. The Kier molecular flexibility index (Phi) is 10.4. The first-order valence-corrected chi connectivity index (χ1v) is 18.8. The summed E-state index contributed by atoms with van der Waals surface area (Å²) in [5.41, 5.74) is 17.6. The average Bonchev–Trinajstić information content (AvgIpc) is 3.25. The Morgan fingerprint density at radius 3 is 1.00 bits per heavy atom. The highest BCUT2D eigenvalue weighted by atomic mass is 14.9. The highest BCUT2D eigenvalue weighted by Crippen LogP contribution is 2.44. The molecule has 264 valence electrons. The Morgan fingerprint density at radius 1 is 0.364 bits per heavy atom. The number of aliphatic imine (C=N–C) groups is 1. The fourth-order valence-corrected chi connectivity index (χ4v) is 7.25. The first-order chi connectivity index (χ1) is 27.1. The van der Waals surface area contributed by atoms with Gasteiger partial charge in [-0.2, -0.15) is 0 Å². The van der Waals surface area contributed by atoms with E-state index in [0.29, 0.717) is 0 Å². The molecule has 0 saturated heterocycles. The molecule has 0 fully saturated rings. The molecule has 0 unspecified atom stereocenters. The van der Waals surface area contributed by atoms with Crippen LogP contribution >= 0.6 is 0 Å². The van der Waals surface area contributed by atoms with Crippen molar-refractivity contribution in [1.29, 1.82) is 0 Å². The molecule has 0 aliphatic heterocycles. The van der Waals surface area contributed by atoms with Crippen molar-refractivity contribution in [2.24, 2.45) is 4.99 Å². The first kappa shape index (κ1) is 35.0. The molecule has 0 spiro atoms. The van der Waals surface area contributed by atoms with Crippen molar-refractivity contribution >= 4 is 17.1 Å². The van der Waals surface area contributed by atoms with Crippen LogP contribution in [0.25, 0.3) is 66.8 Å². The molecule has 0 bridgehead atoms. The lowest BCUT2D eigenvalue weighted by Gasteiger charge is -2.20. The highest BCUT2D eigenvalue weighted by Gasteiger charge is 2.18. The van der Waals surface area contributed by atoms with Gasteiger partial charge in [0, 0.05) is 33.7 Å². The van der Waals surface area contributed by atoms with Gasteiger partial charge < -0.3 is 5.32 Å². The summed E-state index contributed by atoms with van der Waals surface area (Å²) in [6.45, 7) is 4.22. The Morgan fingerprint density at radius 2 is 0.655 bits per heavy atom. The number of benzene rings is 8. The van der Waals surface area contributed by atoms with Gasteiger partial charge in [0.25, 0.3) is 0 Å². The Bertz CT molecular complexity index is 2450. The molecule has 1 N–H and O–H groups in total. The van der Waals surface area contributed by atoms with Crippen molar-refractivity contribution in [3.05, 3.63) is 218 Å². The van der Waals surface area contributed by atoms with Crippen LogP contribution in [0.5, 0.6) is 0 Å². The summed E-state index contributed by atoms with van der Waals surface area (Å²) < 4.78 is 0. The standard InChI is InChI=1S/C53H42N2/c1-38(54-52-48(42-25-13-5-14-26-42)34-46(40-21-9-3-10-22-40)35-49(52)43-27-15-6-16-28-43)33-39(2)55-53-50(44-29-17-7-18-30-44)36-47(41-23-11-4-12-24-41)37-51(53)45-31-19-8-20-32-45/h3-37,54H,1-2H3/b38-33-,55-39?. The maximum atomic E-state index is 5.44. The molecular formula is C53H42N2. The van der Waals surface area contributed by atoms with E-state index in [1.165, 1.54) is 16.7 Å². The predicted octanol–water partition coefficient (Wildman–Crippen LogP) is 14.8. The Balaban J connectivity index is 1.27. The number of nitrogens with one attached hydrogen (secondary N) is 1. The van der Waals surface area contributed by atoms with Gasteiger partial charge in [-0.15, -0.1) is 0 Å². The van der Waals surface area contributed by atoms with Crippen LogP contribution in [-0.4, -0.2) is 5.71 Å². The van der Waals surface area contributed by atoms with Gasteiger partial charge in [-0.05, 0) is 88.7 Å². The second kappa shape index (κ2) is 16.3. The third-order valence-corrected chi connectivity index (χ3v) is 9.84. The molecule has 0 saturated carbocycles. The highest BCUT2D eigenvalue weighted by molar-refractivity contribution is 6.02. The lowest BCUT2D eigenvalue weighted by atomic mass is 9.90. The second-order valence-electron chi connectivity index (χ2n) is 13.8. The van der Waals surface area contributed by atoms with Crippen LogP contribution in [0.2, 0.25) is 0 Å². The SMILES string of the molecule is CC(/C=C(/C)Nc1c(-c2ccccc2)cc(-c2ccccc2)cc1-c1ccccc1)=Nc1c(-c2ccccc2)cc(-c2ccccc2)cc1-c1ccccc1. The average molecular weight is 707 g/mol. The number of anilines is 1. The molecule has 8 rings (SSSR count). The van der Waals surface area contributed by atoms with E-state index < -0.39 is 0 Å². The van der Waals surface area contributed by atoms with Crippen molar-refractivity contribution in [3.63, 3.8) is 0 Å². The van der Waals surface area contributed by atoms with E-state index >= 15 is 0 Å². The molecule has 2 heteroatoms. The molecule has 55 heavy (non-hydrogen) atoms. The van der Waals surface area contributed by atoms with Crippen molar-refractivity contribution in [3.8, 4) is 66.8 Å². The van der Waals surface area contributed by atoms with Gasteiger partial charge in [0.2, 0.25) is 0 Å². The van der Waals surface area contributed by atoms with Crippen LogP contribution < -0.4 is 5.32 Å². The zero-order chi connectivity index (χ0) is 37.4. The van der Waals surface area contributed by atoms with E-state index in [1.54, 1.807) is 0 Å². The van der Waals surface area contributed by atoms with Gasteiger partial charge >= 0.3 is 0 Å². The summed E-state index contributed by atoms with van der Waals surface area (Å²) in [5, 5.41) is 3.87. The predicted molar refractivity (Wildman–Crippen MR) is 236 cm³/mol. The van der Waals surface area contributed by atoms with E-state index in [-0.39, 0.29) is 0 Å². The van der Waals surface area contributed by atoms with Gasteiger partial charge in [-0.1, -0.05) is 182 Å². The molecule has 2 nitrogen and oxygen atoms in total. The molecule has 0 aliphatic carbocycles. The van der Waals surface area contributed by atoms with Crippen molar-refractivity contribution in [1.82, 2.24) is 0 Å². The zero-order valence-corrected chi connectivity index (χ0v) is 31.2. The fourth-order valence-electron chi connectivity index (χ4n) is 7.25. The molecule has 0 heterocycles. The van der Waals surface area contributed by atoms with Gasteiger partial charge in [0.1, 0.15) is 0 Å². The minimum absolute atomic E-state index is 0.898. The number of nitrogens with zero attached hydrogens (tertiary/aromatic N) is 1. The molecule has 0 amide bonds. The van der Waals surface area contributed by atoms with E-state index in [2.05, 4.69) is 231 Å². The number of hydrogen-bond acceptors (Lipinski definition) is 2. The summed E-state index contributed by atoms with van der Waals surface area (Å²) >= 11 is 0. The summed E-state index contributed by atoms with van der Waals surface area (Å²) in [6.07, 6.45) is 2.16. The maximum Gasteiger partial charge on any atom is 0.0789 e. The summed E-state index contributed by atoms with van der Waals surface area (Å²) in [7, 11) is 0. The lowest BCUT2D eigenvalue weighted by Crippen LogP contribution is -2.03. The molecule has 0 aliphatic rings. The van der Waals surface area contributed by atoms with E-state index in [9.17, 15) is 0 Å². The van der Waals surface area contributed by atoms with Gasteiger partial charge in [-0.25, -0.2) is 0 Å². The fraction of sp³-hybridized carbons (Fsp3) is 0.0377. The van der Waals surface area contributed by atoms with Crippen LogP contribution in [-0.2, 0) is 0 Å². The molecule has 8 aromatic rings. The van der Waals surface area contributed by atoms with E-state index in [4.69, 9.17) is 4.99 Å². The molecular weight excluding hydrogens is 665 g/mol. The number of rotatable bonds is 10. The molecule has 8 aromatic carbocycles. The largest absolute Gasteiger partial charge is 0.358 e. The number of hydrogen-bond donors (Lipinski definition) is 1. The Labute approximate surface area is 324 Å². The van der Waals surface area contributed by atoms with Crippen molar-refractivity contribution in [2.45, 2.75) is 13.8 Å². The van der Waals surface area contributed by atoms with Crippen molar-refractivity contribution in [2.75, 3.05) is 5.32 Å². The third kappa shape index (κ3) is 8.00. The molecule has 0 aromatic heterocycles. The summed E-state index contributed by atoms with van der Waals surface area (Å²) in [5.74, 6) is 0. The van der Waals surface area contributed by atoms with Gasteiger partial charge in [-0.3, -0.25) is 4.99 Å². The monoisotopic (exact) mass is 706 g/mol. The van der Waals surface area contributed by atoms with Crippen molar-refractivity contribution < 1.29 is 0 Å². The molecule has 0 radical (unpaired) electrons.